The van der Waals surface area contributed by atoms with Crippen LogP contribution in [0.3, 0.4) is 0 Å². The molecule has 0 saturated carbocycles. The van der Waals surface area contributed by atoms with Crippen LogP contribution >= 0.6 is 23.1 Å². The monoisotopic (exact) mass is 395 g/mol. The Labute approximate surface area is 160 Å². The maximum absolute atomic E-state index is 11.8. The van der Waals surface area contributed by atoms with Crippen molar-refractivity contribution in [1.82, 2.24) is 15.2 Å². The number of thiazole rings is 1. The lowest BCUT2D eigenvalue weighted by Gasteiger charge is -2.15. The average Bonchev–Trinajstić information content (AvgIpc) is 3.05. The predicted molar refractivity (Wildman–Crippen MR) is 102 cm³/mol. The molecule has 2 amide bonds. The van der Waals surface area contributed by atoms with E-state index >= 15 is 0 Å². The number of hydrogen-bond acceptors (Lipinski definition) is 7. The maximum Gasteiger partial charge on any atom is 0.306 e. The molecule has 140 valence electrons. The summed E-state index contributed by atoms with van der Waals surface area (Å²) in [7, 11) is 2.98. The molecule has 9 heteroatoms. The van der Waals surface area contributed by atoms with E-state index in [9.17, 15) is 14.4 Å². The van der Waals surface area contributed by atoms with Gasteiger partial charge in [0.1, 0.15) is 0 Å². The van der Waals surface area contributed by atoms with Crippen LogP contribution in [0, 0.1) is 0 Å². The minimum Gasteiger partial charge on any atom is -0.456 e. The zero-order chi connectivity index (χ0) is 18.9. The van der Waals surface area contributed by atoms with Crippen molar-refractivity contribution >= 4 is 51.1 Å². The van der Waals surface area contributed by atoms with E-state index in [2.05, 4.69) is 10.3 Å². The molecule has 1 aromatic heterocycles. The third-order valence-corrected chi connectivity index (χ3v) is 5.73. The Morgan fingerprint density at radius 2 is 2.08 bits per heavy atom. The lowest BCUT2D eigenvalue weighted by molar-refractivity contribution is -0.151. The zero-order valence-corrected chi connectivity index (χ0v) is 16.3. The quantitative estimate of drug-likeness (QED) is 0.396. The molecule has 0 aliphatic rings. The first-order valence-electron chi connectivity index (χ1n) is 8.08. The van der Waals surface area contributed by atoms with Crippen molar-refractivity contribution in [3.8, 4) is 0 Å². The molecule has 0 radical (unpaired) electrons. The maximum atomic E-state index is 11.8. The molecule has 2 aromatic rings. The fraction of sp³-hybridized carbons (Fsp3) is 0.412. The summed E-state index contributed by atoms with van der Waals surface area (Å²) in [4.78, 5) is 40.4. The first-order chi connectivity index (χ1) is 12.5. The number of carbonyl (C=O) groups excluding carboxylic acids is 3. The fourth-order valence-electron chi connectivity index (χ4n) is 2.00. The van der Waals surface area contributed by atoms with Gasteiger partial charge in [-0.25, -0.2) is 4.98 Å². The van der Waals surface area contributed by atoms with E-state index in [0.717, 1.165) is 20.3 Å². The molecular formula is C17H21N3O4S2. The van der Waals surface area contributed by atoms with Crippen LogP contribution in [0.1, 0.15) is 12.8 Å². The van der Waals surface area contributed by atoms with Crippen molar-refractivity contribution in [3.05, 3.63) is 24.3 Å². The first-order valence-corrected chi connectivity index (χ1v) is 9.88. The van der Waals surface area contributed by atoms with E-state index in [4.69, 9.17) is 4.74 Å². The molecule has 1 heterocycles. The molecule has 0 aliphatic heterocycles. The van der Waals surface area contributed by atoms with Crippen LogP contribution in [-0.4, -0.2) is 60.7 Å². The molecule has 26 heavy (non-hydrogen) atoms. The Morgan fingerprint density at radius 1 is 1.31 bits per heavy atom. The van der Waals surface area contributed by atoms with E-state index < -0.39 is 11.9 Å². The summed E-state index contributed by atoms with van der Waals surface area (Å²) >= 11 is 3.24. The van der Waals surface area contributed by atoms with E-state index in [0.29, 0.717) is 6.42 Å². The van der Waals surface area contributed by atoms with Crippen molar-refractivity contribution in [3.63, 3.8) is 0 Å². The van der Waals surface area contributed by atoms with Crippen molar-refractivity contribution in [2.75, 3.05) is 33.0 Å². The summed E-state index contributed by atoms with van der Waals surface area (Å²) in [6, 6.07) is 7.95. The van der Waals surface area contributed by atoms with E-state index in [1.807, 2.05) is 24.3 Å². The lowest BCUT2D eigenvalue weighted by Crippen LogP contribution is -2.39. The highest BCUT2D eigenvalue weighted by Gasteiger charge is 2.14. The molecule has 7 nitrogen and oxygen atoms in total. The highest BCUT2D eigenvalue weighted by molar-refractivity contribution is 8.01. The molecule has 0 unspecified atom stereocenters. The highest BCUT2D eigenvalue weighted by atomic mass is 32.2. The fourth-order valence-corrected chi connectivity index (χ4v) is 4.07. The van der Waals surface area contributed by atoms with Gasteiger partial charge in [0.05, 0.1) is 16.8 Å². The summed E-state index contributed by atoms with van der Waals surface area (Å²) < 4.78 is 7.08. The van der Waals surface area contributed by atoms with Gasteiger partial charge < -0.3 is 15.0 Å². The number of carbonyl (C=O) groups is 3. The van der Waals surface area contributed by atoms with E-state index in [-0.39, 0.29) is 25.5 Å². The van der Waals surface area contributed by atoms with Gasteiger partial charge in [-0.2, -0.15) is 0 Å². The summed E-state index contributed by atoms with van der Waals surface area (Å²) in [5.41, 5.74) is 0.985. The summed E-state index contributed by atoms with van der Waals surface area (Å²) in [6.45, 7) is -0.414. The molecule has 2 rings (SSSR count). The van der Waals surface area contributed by atoms with Crippen LogP contribution in [0.4, 0.5) is 0 Å². The summed E-state index contributed by atoms with van der Waals surface area (Å²) in [6.07, 6.45) is 0.881. The van der Waals surface area contributed by atoms with Gasteiger partial charge in [0.25, 0.3) is 5.91 Å². The number of para-hydroxylation sites is 1. The van der Waals surface area contributed by atoms with E-state index in [1.54, 1.807) is 23.1 Å². The van der Waals surface area contributed by atoms with Crippen LogP contribution in [0.5, 0.6) is 0 Å². The van der Waals surface area contributed by atoms with Gasteiger partial charge in [-0.1, -0.05) is 23.9 Å². The van der Waals surface area contributed by atoms with Gasteiger partial charge in [0, 0.05) is 26.3 Å². The third kappa shape index (κ3) is 6.30. The summed E-state index contributed by atoms with van der Waals surface area (Å²) in [5.74, 6) is -0.360. The number of benzene rings is 1. The molecule has 1 N–H and O–H groups in total. The predicted octanol–water partition coefficient (Wildman–Crippen LogP) is 1.92. The molecule has 0 atom stereocenters. The topological polar surface area (TPSA) is 88.6 Å². The molecule has 0 fully saturated rings. The van der Waals surface area contributed by atoms with E-state index in [1.165, 1.54) is 19.0 Å². The smallest absolute Gasteiger partial charge is 0.306 e. The largest absolute Gasteiger partial charge is 0.456 e. The van der Waals surface area contributed by atoms with Gasteiger partial charge in [0.2, 0.25) is 5.91 Å². The Bertz CT molecular complexity index is 745. The number of likely N-dealkylation sites (N-methyl/N-ethyl adjacent to an activating group) is 2. The zero-order valence-electron chi connectivity index (χ0n) is 14.7. The van der Waals surface area contributed by atoms with Crippen LogP contribution in [0.15, 0.2) is 28.6 Å². The second kappa shape index (κ2) is 10.1. The Morgan fingerprint density at radius 3 is 2.81 bits per heavy atom. The number of ether oxygens (including phenoxy) is 1. The number of nitrogens with one attached hydrogen (secondary N) is 1. The van der Waals surface area contributed by atoms with Crippen molar-refractivity contribution < 1.29 is 19.1 Å². The van der Waals surface area contributed by atoms with Crippen LogP contribution < -0.4 is 5.32 Å². The lowest BCUT2D eigenvalue weighted by atomic mass is 10.3. The number of aromatic nitrogens is 1. The standard InChI is InChI=1S/C17H21N3O4S2/c1-18-14(21)10-20(2)15(22)11-24-16(23)8-5-9-25-17-19-12-6-3-4-7-13(12)26-17/h3-4,6-7H,5,8-11H2,1-2H3,(H,18,21). The number of amides is 2. The molecule has 0 aliphatic carbocycles. The number of thioether (sulfide) groups is 1. The second-order valence-corrected chi connectivity index (χ2v) is 7.86. The second-order valence-electron chi connectivity index (χ2n) is 5.48. The number of fused-ring (bicyclic) bond motifs is 1. The Balaban J connectivity index is 1.62. The summed E-state index contributed by atoms with van der Waals surface area (Å²) in [5, 5.41) is 2.42. The number of nitrogens with zero attached hydrogens (tertiary/aromatic N) is 2. The SMILES string of the molecule is CNC(=O)CN(C)C(=O)COC(=O)CCCSc1nc2ccccc2s1. The molecule has 0 saturated heterocycles. The van der Waals surface area contributed by atoms with Gasteiger partial charge in [-0.3, -0.25) is 14.4 Å². The van der Waals surface area contributed by atoms with Crippen LogP contribution in [0.25, 0.3) is 10.2 Å². The first kappa shape index (κ1) is 20.2. The minimum absolute atomic E-state index is 0.0638. The van der Waals surface area contributed by atoms with Crippen molar-refractivity contribution in [2.45, 2.75) is 17.2 Å². The number of esters is 1. The van der Waals surface area contributed by atoms with Gasteiger partial charge in [0.15, 0.2) is 10.9 Å². The molecule has 0 spiro atoms. The highest BCUT2D eigenvalue weighted by Crippen LogP contribution is 2.29. The number of hydrogen-bond donors (Lipinski definition) is 1. The van der Waals surface area contributed by atoms with Gasteiger partial charge in [-0.15, -0.1) is 11.3 Å². The Kier molecular flexibility index (Phi) is 7.86. The number of rotatable bonds is 9. The van der Waals surface area contributed by atoms with Gasteiger partial charge >= 0.3 is 5.97 Å². The average molecular weight is 396 g/mol. The third-order valence-electron chi connectivity index (χ3n) is 3.47. The molecular weight excluding hydrogens is 374 g/mol. The van der Waals surface area contributed by atoms with Crippen molar-refractivity contribution in [2.24, 2.45) is 0 Å². The van der Waals surface area contributed by atoms with Crippen molar-refractivity contribution in [1.29, 1.82) is 0 Å². The molecule has 0 bridgehead atoms. The Hall–Kier alpha value is -2.13. The minimum atomic E-state index is -0.420. The van der Waals surface area contributed by atoms with Crippen LogP contribution in [-0.2, 0) is 19.1 Å². The normalized spacial score (nSPS) is 10.5. The van der Waals surface area contributed by atoms with Crippen LogP contribution in [0.2, 0.25) is 0 Å². The van der Waals surface area contributed by atoms with Gasteiger partial charge in [-0.05, 0) is 18.6 Å². The molecule has 1 aromatic carbocycles.